The Labute approximate surface area is 212 Å². The lowest BCUT2D eigenvalue weighted by Gasteiger charge is -2.11. The zero-order chi connectivity index (χ0) is 26.5. The van der Waals surface area contributed by atoms with Crippen LogP contribution in [0.2, 0.25) is 0 Å². The third-order valence-corrected chi connectivity index (χ3v) is 5.67. The second kappa shape index (κ2) is 10.6. The van der Waals surface area contributed by atoms with Crippen LogP contribution in [0.1, 0.15) is 22.5 Å². The Morgan fingerprint density at radius 2 is 1.95 bits per heavy atom. The quantitative estimate of drug-likeness (QED) is 0.194. The van der Waals surface area contributed by atoms with E-state index in [1.807, 2.05) is 26.0 Å². The maximum atomic E-state index is 12.3. The van der Waals surface area contributed by atoms with Crippen molar-refractivity contribution in [3.63, 3.8) is 0 Å². The number of aryl methyl sites for hydroxylation is 2. The number of nitro groups is 1. The molecule has 0 atom stereocenters. The molecule has 0 bridgehead atoms. The van der Waals surface area contributed by atoms with Crippen LogP contribution in [0.15, 0.2) is 54.6 Å². The number of ether oxygens (including phenoxy) is 2. The number of methoxy groups -OCH3 is 1. The zero-order valence-electron chi connectivity index (χ0n) is 20.4. The molecular weight excluding hydrogens is 474 g/mol. The smallest absolute Gasteiger partial charge is 0.271 e. The van der Waals surface area contributed by atoms with Gasteiger partial charge in [0, 0.05) is 17.8 Å². The number of amides is 1. The molecule has 0 radical (unpaired) electrons. The number of nitrogens with one attached hydrogen (secondary N) is 2. The number of non-ortho nitro benzene ring substituents is 1. The highest BCUT2D eigenvalue weighted by molar-refractivity contribution is 5.92. The molecule has 0 unspecified atom stereocenters. The average molecular weight is 498 g/mol. The van der Waals surface area contributed by atoms with Crippen LogP contribution >= 0.6 is 0 Å². The number of carbonyl (C=O) groups excluding carboxylic acids is 1. The van der Waals surface area contributed by atoms with Crippen LogP contribution in [-0.2, 0) is 4.79 Å². The molecule has 10 nitrogen and oxygen atoms in total. The summed E-state index contributed by atoms with van der Waals surface area (Å²) in [7, 11) is 1.47. The number of H-pyrrole nitrogens is 1. The van der Waals surface area contributed by atoms with Crippen molar-refractivity contribution in [3.05, 3.63) is 87.2 Å². The van der Waals surface area contributed by atoms with Gasteiger partial charge in [-0.25, -0.2) is 4.98 Å². The minimum Gasteiger partial charge on any atom is -0.493 e. The van der Waals surface area contributed by atoms with Gasteiger partial charge in [-0.15, -0.1) is 0 Å². The summed E-state index contributed by atoms with van der Waals surface area (Å²) in [5.41, 5.74) is 5.06. The summed E-state index contributed by atoms with van der Waals surface area (Å²) in [6, 6.07) is 16.8. The van der Waals surface area contributed by atoms with Crippen molar-refractivity contribution in [2.45, 2.75) is 13.8 Å². The van der Waals surface area contributed by atoms with E-state index in [-0.39, 0.29) is 18.0 Å². The number of nitriles is 1. The molecule has 3 aromatic carbocycles. The number of anilines is 1. The first-order chi connectivity index (χ1) is 17.8. The Bertz CT molecular complexity index is 1540. The Hall–Kier alpha value is -5.17. The van der Waals surface area contributed by atoms with Gasteiger partial charge >= 0.3 is 0 Å². The number of hydrogen-bond donors (Lipinski definition) is 2. The largest absolute Gasteiger partial charge is 0.493 e. The van der Waals surface area contributed by atoms with E-state index in [9.17, 15) is 20.2 Å². The van der Waals surface area contributed by atoms with Gasteiger partial charge < -0.3 is 19.8 Å². The van der Waals surface area contributed by atoms with Crippen molar-refractivity contribution < 1.29 is 19.2 Å². The molecule has 4 aromatic rings. The van der Waals surface area contributed by atoms with E-state index in [2.05, 4.69) is 21.4 Å². The summed E-state index contributed by atoms with van der Waals surface area (Å²) in [5.74, 6) is 0.653. The number of allylic oxidation sites excluding steroid dienone is 1. The number of benzene rings is 3. The summed E-state index contributed by atoms with van der Waals surface area (Å²) < 4.78 is 11.0. The highest BCUT2D eigenvalue weighted by Crippen LogP contribution is 2.30. The molecule has 0 saturated carbocycles. The fourth-order valence-electron chi connectivity index (χ4n) is 3.65. The van der Waals surface area contributed by atoms with Gasteiger partial charge in [0.25, 0.3) is 11.6 Å². The fraction of sp³-hybridized carbons (Fsp3) is 0.148. The third kappa shape index (κ3) is 5.74. The van der Waals surface area contributed by atoms with Crippen LogP contribution in [0.3, 0.4) is 0 Å². The van der Waals surface area contributed by atoms with E-state index in [1.165, 1.54) is 25.3 Å². The maximum Gasteiger partial charge on any atom is 0.271 e. The molecule has 10 heteroatoms. The number of imidazole rings is 1. The van der Waals surface area contributed by atoms with Gasteiger partial charge in [0.2, 0.25) is 0 Å². The monoisotopic (exact) mass is 497 g/mol. The van der Waals surface area contributed by atoms with Crippen molar-refractivity contribution in [3.8, 4) is 17.6 Å². The van der Waals surface area contributed by atoms with Gasteiger partial charge in [0.15, 0.2) is 18.1 Å². The maximum absolute atomic E-state index is 12.3. The molecule has 37 heavy (non-hydrogen) atoms. The van der Waals surface area contributed by atoms with Crippen molar-refractivity contribution in [1.82, 2.24) is 9.97 Å². The normalized spacial score (nSPS) is 11.1. The van der Waals surface area contributed by atoms with Crippen LogP contribution < -0.4 is 14.8 Å². The lowest BCUT2D eigenvalue weighted by molar-refractivity contribution is -0.384. The SMILES string of the molecule is COc1cc(C=C(C#N)c2nc3cc(C)c(C)cc3[nH]2)ccc1OCC(=O)Nc1cccc([N+](=O)[O-])c1. The molecule has 1 amide bonds. The Kier molecular flexibility index (Phi) is 7.16. The Morgan fingerprint density at radius 3 is 2.68 bits per heavy atom. The van der Waals surface area contributed by atoms with Crippen molar-refractivity contribution in [1.29, 1.82) is 5.26 Å². The molecule has 0 aliphatic rings. The predicted octanol–water partition coefficient (Wildman–Crippen LogP) is 5.18. The minimum absolute atomic E-state index is 0.131. The number of aromatic nitrogens is 2. The van der Waals surface area contributed by atoms with Crippen LogP contribution in [0.25, 0.3) is 22.7 Å². The van der Waals surface area contributed by atoms with Gasteiger partial charge in [0.05, 0.1) is 28.6 Å². The number of carbonyl (C=O) groups is 1. The molecule has 0 fully saturated rings. The first-order valence-corrected chi connectivity index (χ1v) is 11.2. The number of nitro benzene ring substituents is 1. The van der Waals surface area contributed by atoms with E-state index in [4.69, 9.17) is 9.47 Å². The number of hydrogen-bond acceptors (Lipinski definition) is 7. The van der Waals surface area contributed by atoms with Crippen molar-refractivity contribution in [2.75, 3.05) is 19.0 Å². The van der Waals surface area contributed by atoms with E-state index < -0.39 is 10.8 Å². The van der Waals surface area contributed by atoms with Gasteiger partial charge in [-0.3, -0.25) is 14.9 Å². The van der Waals surface area contributed by atoms with Crippen LogP contribution in [0, 0.1) is 35.3 Å². The topological polar surface area (TPSA) is 143 Å². The van der Waals surface area contributed by atoms with Gasteiger partial charge in [-0.2, -0.15) is 5.26 Å². The van der Waals surface area contributed by atoms with Crippen molar-refractivity contribution in [2.24, 2.45) is 0 Å². The number of aromatic amines is 1. The lowest BCUT2D eigenvalue weighted by atomic mass is 10.1. The number of fused-ring (bicyclic) bond motifs is 1. The third-order valence-electron chi connectivity index (χ3n) is 5.67. The first kappa shape index (κ1) is 24.9. The predicted molar refractivity (Wildman–Crippen MR) is 139 cm³/mol. The molecule has 4 rings (SSSR count). The highest BCUT2D eigenvalue weighted by atomic mass is 16.6. The molecule has 0 aliphatic heterocycles. The molecule has 186 valence electrons. The number of rotatable bonds is 8. The molecule has 1 heterocycles. The summed E-state index contributed by atoms with van der Waals surface area (Å²) in [6.45, 7) is 3.69. The fourth-order valence-corrected chi connectivity index (χ4v) is 3.65. The molecule has 0 spiro atoms. The lowest BCUT2D eigenvalue weighted by Crippen LogP contribution is -2.20. The Morgan fingerprint density at radius 1 is 1.16 bits per heavy atom. The highest BCUT2D eigenvalue weighted by Gasteiger charge is 2.13. The van der Waals surface area contributed by atoms with E-state index in [0.29, 0.717) is 28.5 Å². The molecule has 2 N–H and O–H groups in total. The second-order valence-corrected chi connectivity index (χ2v) is 8.26. The van der Waals surface area contributed by atoms with E-state index in [1.54, 1.807) is 30.3 Å². The van der Waals surface area contributed by atoms with E-state index in [0.717, 1.165) is 22.2 Å². The summed E-state index contributed by atoms with van der Waals surface area (Å²) in [6.07, 6.45) is 1.68. The van der Waals surface area contributed by atoms with Crippen LogP contribution in [0.4, 0.5) is 11.4 Å². The van der Waals surface area contributed by atoms with E-state index >= 15 is 0 Å². The zero-order valence-corrected chi connectivity index (χ0v) is 20.4. The van der Waals surface area contributed by atoms with Gasteiger partial charge in [-0.05, 0) is 66.9 Å². The van der Waals surface area contributed by atoms with Gasteiger partial charge in [0.1, 0.15) is 11.9 Å². The van der Waals surface area contributed by atoms with Crippen LogP contribution in [0.5, 0.6) is 11.5 Å². The molecule has 1 aromatic heterocycles. The summed E-state index contributed by atoms with van der Waals surface area (Å²) >= 11 is 0. The standard InChI is InChI=1S/C27H23N5O5/c1-16-9-22-23(10-17(16)2)31-27(30-22)19(14-28)11-18-7-8-24(25(12-18)36-3)37-15-26(33)29-20-5-4-6-21(13-20)32(34)35/h4-13H,15H2,1-3H3,(H,29,33)(H,30,31). The summed E-state index contributed by atoms with van der Waals surface area (Å²) in [5, 5.41) is 23.2. The second-order valence-electron chi connectivity index (χ2n) is 8.26. The number of nitrogens with zero attached hydrogens (tertiary/aromatic N) is 3. The molecular formula is C27H23N5O5. The Balaban J connectivity index is 1.49. The van der Waals surface area contributed by atoms with Crippen molar-refractivity contribution >= 4 is 40.0 Å². The molecule has 0 aliphatic carbocycles. The van der Waals surface area contributed by atoms with Gasteiger partial charge in [-0.1, -0.05) is 12.1 Å². The summed E-state index contributed by atoms with van der Waals surface area (Å²) in [4.78, 5) is 30.4. The average Bonchev–Trinajstić information content (AvgIpc) is 3.28. The first-order valence-electron chi connectivity index (χ1n) is 11.2. The molecule has 0 saturated heterocycles. The minimum atomic E-state index is -0.541. The van der Waals surface area contributed by atoms with Crippen LogP contribution in [-0.4, -0.2) is 34.5 Å².